The lowest BCUT2D eigenvalue weighted by Crippen LogP contribution is -2.21. The molecule has 1 aromatic heterocycles. The Kier molecular flexibility index (Phi) is 3.85. The number of esters is 1. The van der Waals surface area contributed by atoms with Crippen molar-refractivity contribution in [1.82, 2.24) is 4.98 Å². The maximum atomic E-state index is 13.5. The number of nitrogens with zero attached hydrogens (tertiary/aromatic N) is 1. The zero-order valence-corrected chi connectivity index (χ0v) is 15.0. The maximum absolute atomic E-state index is 13.5. The topological polar surface area (TPSA) is 82.9 Å². The number of hydrogen-bond acceptors (Lipinski definition) is 4. The van der Waals surface area contributed by atoms with E-state index in [0.29, 0.717) is 5.56 Å². The highest BCUT2D eigenvalue weighted by Crippen LogP contribution is 2.66. The molecular formula is C22H18N2O3. The number of carbonyl (C=O) groups excluding carboxylic acids is 2. The van der Waals surface area contributed by atoms with Gasteiger partial charge in [-0.15, -0.1) is 0 Å². The van der Waals surface area contributed by atoms with Gasteiger partial charge in [0.05, 0.1) is 19.1 Å². The lowest BCUT2D eigenvalue weighted by atomic mass is 9.90. The van der Waals surface area contributed by atoms with Gasteiger partial charge in [-0.05, 0) is 18.6 Å². The molecule has 5 nitrogen and oxygen atoms in total. The van der Waals surface area contributed by atoms with Gasteiger partial charge in [-0.3, -0.25) is 9.59 Å². The number of fused-ring (bicyclic) bond motifs is 1. The first-order valence-electron chi connectivity index (χ1n) is 8.71. The van der Waals surface area contributed by atoms with E-state index in [9.17, 15) is 14.9 Å². The van der Waals surface area contributed by atoms with Crippen LogP contribution in [0.5, 0.6) is 0 Å². The Morgan fingerprint density at radius 3 is 2.52 bits per heavy atom. The third kappa shape index (κ3) is 2.37. The number of ketones is 1. The zero-order chi connectivity index (χ0) is 19.2. The van der Waals surface area contributed by atoms with Crippen LogP contribution in [0.4, 0.5) is 0 Å². The summed E-state index contributed by atoms with van der Waals surface area (Å²) in [4.78, 5) is 28.9. The number of aryl methyl sites for hydroxylation is 1. The van der Waals surface area contributed by atoms with Crippen molar-refractivity contribution in [2.75, 3.05) is 7.11 Å². The zero-order valence-electron chi connectivity index (χ0n) is 15.0. The van der Waals surface area contributed by atoms with E-state index >= 15 is 0 Å². The van der Waals surface area contributed by atoms with Crippen LogP contribution >= 0.6 is 0 Å². The fraction of sp³-hybridized carbons (Fsp3) is 0.227. The molecule has 1 fully saturated rings. The Hall–Kier alpha value is -3.39. The summed E-state index contributed by atoms with van der Waals surface area (Å²) < 4.78 is 4.91. The molecule has 1 aliphatic rings. The molecule has 4 rings (SSSR count). The minimum Gasteiger partial charge on any atom is -0.469 e. The molecule has 0 radical (unpaired) electrons. The van der Waals surface area contributed by atoms with E-state index in [1.807, 2.05) is 55.5 Å². The van der Waals surface area contributed by atoms with Crippen molar-refractivity contribution < 1.29 is 14.3 Å². The first-order valence-corrected chi connectivity index (χ1v) is 8.71. The number of aromatic nitrogens is 1. The van der Waals surface area contributed by atoms with Crippen molar-refractivity contribution in [2.24, 2.45) is 11.3 Å². The van der Waals surface area contributed by atoms with E-state index in [1.54, 1.807) is 6.20 Å². The van der Waals surface area contributed by atoms with E-state index in [2.05, 4.69) is 11.1 Å². The van der Waals surface area contributed by atoms with Crippen LogP contribution in [0, 0.1) is 29.6 Å². The van der Waals surface area contributed by atoms with Crippen molar-refractivity contribution in [2.45, 2.75) is 12.8 Å². The van der Waals surface area contributed by atoms with Crippen molar-refractivity contribution in [3.63, 3.8) is 0 Å². The molecule has 1 aliphatic carbocycles. The smallest absolute Gasteiger partial charge is 0.311 e. The average Bonchev–Trinajstić information content (AvgIpc) is 3.20. The monoisotopic (exact) mass is 358 g/mol. The first-order chi connectivity index (χ1) is 13.0. The van der Waals surface area contributed by atoms with Gasteiger partial charge in [0, 0.05) is 28.6 Å². The Morgan fingerprint density at radius 2 is 1.85 bits per heavy atom. The number of nitrogens with one attached hydrogen (secondary N) is 1. The SMILES string of the molecule is COC(=O)[C@@H]1[C@@H](c2ccc(C)cc2)[C@@]1(C#N)C(=O)c1c[nH]c2ccccc12. The molecule has 0 bridgehead atoms. The fourth-order valence-corrected chi connectivity index (χ4v) is 4.02. The van der Waals surface area contributed by atoms with Crippen LogP contribution in [0.15, 0.2) is 54.7 Å². The average molecular weight is 358 g/mol. The second-order valence-corrected chi connectivity index (χ2v) is 6.95. The molecule has 0 spiro atoms. The highest BCUT2D eigenvalue weighted by Gasteiger charge is 2.74. The molecule has 0 unspecified atom stereocenters. The summed E-state index contributed by atoms with van der Waals surface area (Å²) in [6.07, 6.45) is 1.62. The van der Waals surface area contributed by atoms with Crippen molar-refractivity contribution in [1.29, 1.82) is 5.26 Å². The van der Waals surface area contributed by atoms with E-state index in [0.717, 1.165) is 22.0 Å². The van der Waals surface area contributed by atoms with Crippen LogP contribution in [-0.4, -0.2) is 23.8 Å². The second kappa shape index (κ2) is 6.10. The molecule has 5 heteroatoms. The van der Waals surface area contributed by atoms with Gasteiger partial charge >= 0.3 is 5.97 Å². The van der Waals surface area contributed by atoms with Gasteiger partial charge < -0.3 is 9.72 Å². The van der Waals surface area contributed by atoms with Crippen molar-refractivity contribution in [3.8, 4) is 6.07 Å². The molecule has 0 amide bonds. The third-order valence-electron chi connectivity index (χ3n) is 5.49. The summed E-state index contributed by atoms with van der Waals surface area (Å²) in [5.41, 5.74) is 1.66. The molecule has 3 atom stereocenters. The van der Waals surface area contributed by atoms with Crippen LogP contribution in [0.2, 0.25) is 0 Å². The summed E-state index contributed by atoms with van der Waals surface area (Å²) in [5, 5.41) is 10.8. The number of nitriles is 1. The quantitative estimate of drug-likeness (QED) is 0.569. The van der Waals surface area contributed by atoms with Crippen LogP contribution in [0.3, 0.4) is 0 Å². The number of hydrogen-bond donors (Lipinski definition) is 1. The Balaban J connectivity index is 1.83. The number of methoxy groups -OCH3 is 1. The van der Waals surface area contributed by atoms with Gasteiger partial charge in [-0.1, -0.05) is 48.0 Å². The van der Waals surface area contributed by atoms with Gasteiger partial charge in [0.25, 0.3) is 0 Å². The summed E-state index contributed by atoms with van der Waals surface area (Å²) in [6.45, 7) is 1.96. The molecule has 1 N–H and O–H groups in total. The van der Waals surface area contributed by atoms with Gasteiger partial charge in [-0.25, -0.2) is 0 Å². The Labute approximate surface area is 156 Å². The largest absolute Gasteiger partial charge is 0.469 e. The maximum Gasteiger partial charge on any atom is 0.311 e. The number of benzene rings is 2. The van der Waals surface area contributed by atoms with Crippen molar-refractivity contribution in [3.05, 3.63) is 71.4 Å². The minimum atomic E-state index is -1.45. The van der Waals surface area contributed by atoms with Crippen LogP contribution in [0.1, 0.15) is 27.4 Å². The fourth-order valence-electron chi connectivity index (χ4n) is 4.02. The lowest BCUT2D eigenvalue weighted by molar-refractivity contribution is -0.142. The lowest BCUT2D eigenvalue weighted by Gasteiger charge is -2.08. The number of para-hydroxylation sites is 1. The first kappa shape index (κ1) is 17.0. The van der Waals surface area contributed by atoms with Gasteiger partial charge in [0.15, 0.2) is 5.78 Å². The Bertz CT molecular complexity index is 1090. The van der Waals surface area contributed by atoms with Gasteiger partial charge in [-0.2, -0.15) is 5.26 Å². The summed E-state index contributed by atoms with van der Waals surface area (Å²) in [5.74, 6) is -2.20. The Morgan fingerprint density at radius 1 is 1.15 bits per heavy atom. The van der Waals surface area contributed by atoms with Crippen LogP contribution in [0.25, 0.3) is 10.9 Å². The molecule has 1 saturated carbocycles. The summed E-state index contributed by atoms with van der Waals surface area (Å²) in [6, 6.07) is 17.2. The number of ether oxygens (including phenoxy) is 1. The number of rotatable bonds is 4. The second-order valence-electron chi connectivity index (χ2n) is 6.95. The third-order valence-corrected chi connectivity index (χ3v) is 5.49. The number of aromatic amines is 1. The number of H-pyrrole nitrogens is 1. The minimum absolute atomic E-state index is 0.344. The molecule has 0 aliphatic heterocycles. The van der Waals surface area contributed by atoms with E-state index in [1.165, 1.54) is 7.11 Å². The molecule has 27 heavy (non-hydrogen) atoms. The van der Waals surface area contributed by atoms with Gasteiger partial charge in [0.1, 0.15) is 5.41 Å². The van der Waals surface area contributed by atoms with Crippen LogP contribution < -0.4 is 0 Å². The van der Waals surface area contributed by atoms with E-state index < -0.39 is 23.2 Å². The summed E-state index contributed by atoms with van der Waals surface area (Å²) in [7, 11) is 1.28. The molecule has 0 saturated heterocycles. The predicted octanol–water partition coefficient (Wildman–Crippen LogP) is 3.76. The normalized spacial score (nSPS) is 23.6. The molecule has 3 aromatic rings. The molecule has 2 aromatic carbocycles. The van der Waals surface area contributed by atoms with E-state index in [-0.39, 0.29) is 5.78 Å². The highest BCUT2D eigenvalue weighted by atomic mass is 16.5. The van der Waals surface area contributed by atoms with Crippen LogP contribution in [-0.2, 0) is 9.53 Å². The predicted molar refractivity (Wildman–Crippen MR) is 100 cm³/mol. The molecular weight excluding hydrogens is 340 g/mol. The summed E-state index contributed by atoms with van der Waals surface area (Å²) >= 11 is 0. The van der Waals surface area contributed by atoms with Crippen molar-refractivity contribution >= 4 is 22.7 Å². The molecule has 1 heterocycles. The van der Waals surface area contributed by atoms with E-state index in [4.69, 9.17) is 4.74 Å². The highest BCUT2D eigenvalue weighted by molar-refractivity contribution is 6.16. The standard InChI is InChI=1S/C22H18N2O3/c1-13-7-9-14(10-8-13)18-19(21(26)27-2)22(18,12-23)20(25)16-11-24-17-6-4-3-5-15(16)17/h3-11,18-19,24H,1-2H3/t18-,19+,22-/m1/s1. The number of Topliss-reactive ketones (excluding diaryl/α,β-unsaturated/α-hetero) is 1. The number of carbonyl (C=O) groups is 2. The molecule has 134 valence electrons. The van der Waals surface area contributed by atoms with Gasteiger partial charge in [0.2, 0.25) is 0 Å².